The summed E-state index contributed by atoms with van der Waals surface area (Å²) in [4.78, 5) is 4.00. The number of alkyl halides is 2. The molecule has 90 valence electrons. The van der Waals surface area contributed by atoms with E-state index in [0.29, 0.717) is 0 Å². The van der Waals surface area contributed by atoms with Crippen LogP contribution in [0.25, 0.3) is 0 Å². The lowest BCUT2D eigenvalue weighted by Gasteiger charge is -2.34. The first-order valence-electron chi connectivity index (χ1n) is 5.61. The minimum absolute atomic E-state index is 0.0172. The summed E-state index contributed by atoms with van der Waals surface area (Å²) < 4.78 is 26.4. The summed E-state index contributed by atoms with van der Waals surface area (Å²) in [5.74, 6) is 0. The fourth-order valence-corrected chi connectivity index (χ4v) is 2.35. The maximum atomic E-state index is 12.4. The van der Waals surface area contributed by atoms with E-state index in [-0.39, 0.29) is 12.0 Å². The maximum Gasteiger partial charge on any atom is 0.256 e. The largest absolute Gasteiger partial charge is 0.328 e. The minimum Gasteiger partial charge on any atom is -0.328 e. The lowest BCUT2D eigenvalue weighted by Crippen LogP contribution is -2.39. The van der Waals surface area contributed by atoms with Gasteiger partial charge in [-0.25, -0.2) is 13.8 Å². The molecule has 0 radical (unpaired) electrons. The molecule has 0 amide bonds. The van der Waals surface area contributed by atoms with E-state index in [1.165, 1.54) is 6.33 Å². The lowest BCUT2D eigenvalue weighted by atomic mass is 9.78. The Morgan fingerprint density at radius 1 is 1.50 bits per heavy atom. The number of hydrogen-bond acceptors (Lipinski definition) is 2. The van der Waals surface area contributed by atoms with E-state index in [0.717, 1.165) is 31.6 Å². The molecule has 0 spiro atoms. The summed E-state index contributed by atoms with van der Waals surface area (Å²) in [5, 5.41) is 3.28. The zero-order valence-electron chi connectivity index (χ0n) is 9.42. The van der Waals surface area contributed by atoms with Crippen molar-refractivity contribution >= 4 is 0 Å². The van der Waals surface area contributed by atoms with Gasteiger partial charge in [-0.15, -0.1) is 0 Å². The molecular formula is C11H17F2N3. The second-order valence-corrected chi connectivity index (χ2v) is 4.63. The third-order valence-corrected chi connectivity index (χ3v) is 3.37. The van der Waals surface area contributed by atoms with Crippen molar-refractivity contribution in [3.8, 4) is 0 Å². The first-order chi connectivity index (χ1) is 7.62. The van der Waals surface area contributed by atoms with Crippen molar-refractivity contribution in [2.45, 2.75) is 38.2 Å². The third-order valence-electron chi connectivity index (χ3n) is 3.37. The van der Waals surface area contributed by atoms with Gasteiger partial charge in [0.05, 0.1) is 12.9 Å². The molecule has 1 N–H and O–H groups in total. The van der Waals surface area contributed by atoms with E-state index in [9.17, 15) is 8.78 Å². The van der Waals surface area contributed by atoms with Crippen LogP contribution in [-0.4, -0.2) is 29.1 Å². The van der Waals surface area contributed by atoms with E-state index >= 15 is 0 Å². The quantitative estimate of drug-likeness (QED) is 0.856. The lowest BCUT2D eigenvalue weighted by molar-refractivity contribution is 0.123. The molecule has 0 bridgehead atoms. The zero-order chi connectivity index (χ0) is 11.6. The van der Waals surface area contributed by atoms with Crippen molar-refractivity contribution in [1.82, 2.24) is 14.9 Å². The predicted molar refractivity (Wildman–Crippen MR) is 57.7 cm³/mol. The second kappa shape index (κ2) is 4.49. The average Bonchev–Trinajstić information content (AvgIpc) is 2.66. The van der Waals surface area contributed by atoms with Crippen molar-refractivity contribution in [1.29, 1.82) is 0 Å². The average molecular weight is 229 g/mol. The SMILES string of the molecule is CC1(c2cncn2CC(F)F)CCNCC1. The molecule has 1 aliphatic heterocycles. The highest BCUT2D eigenvalue weighted by atomic mass is 19.3. The van der Waals surface area contributed by atoms with Crippen LogP contribution in [-0.2, 0) is 12.0 Å². The van der Waals surface area contributed by atoms with Crippen molar-refractivity contribution in [2.24, 2.45) is 0 Å². The molecule has 1 aromatic rings. The van der Waals surface area contributed by atoms with Gasteiger partial charge in [-0.05, 0) is 25.9 Å². The standard InChI is InChI=1S/C11H17F2N3/c1-11(2-4-14-5-3-11)9-6-15-8-16(9)7-10(12)13/h6,8,10,14H,2-5,7H2,1H3. The van der Waals surface area contributed by atoms with Gasteiger partial charge >= 0.3 is 0 Å². The molecule has 1 saturated heterocycles. The topological polar surface area (TPSA) is 29.9 Å². The van der Waals surface area contributed by atoms with Crippen molar-refractivity contribution < 1.29 is 8.78 Å². The fourth-order valence-electron chi connectivity index (χ4n) is 2.35. The number of aromatic nitrogens is 2. The normalized spacial score (nSPS) is 20.2. The van der Waals surface area contributed by atoms with Crippen LogP contribution in [0.2, 0.25) is 0 Å². The Bertz CT molecular complexity index is 343. The highest BCUT2D eigenvalue weighted by Crippen LogP contribution is 2.32. The van der Waals surface area contributed by atoms with Crippen molar-refractivity contribution in [2.75, 3.05) is 13.1 Å². The number of nitrogens with zero attached hydrogens (tertiary/aromatic N) is 2. The van der Waals surface area contributed by atoms with Gasteiger partial charge in [-0.3, -0.25) is 0 Å². The molecule has 1 aliphatic rings. The highest BCUT2D eigenvalue weighted by Gasteiger charge is 2.31. The Balaban J connectivity index is 2.21. The Labute approximate surface area is 93.9 Å². The first kappa shape index (κ1) is 11.5. The van der Waals surface area contributed by atoms with Gasteiger partial charge in [0.2, 0.25) is 0 Å². The molecule has 1 aromatic heterocycles. The molecule has 3 nitrogen and oxygen atoms in total. The molecule has 0 atom stereocenters. The molecule has 0 aromatic carbocycles. The Morgan fingerprint density at radius 3 is 2.81 bits per heavy atom. The summed E-state index contributed by atoms with van der Waals surface area (Å²) in [5.41, 5.74) is 0.922. The summed E-state index contributed by atoms with van der Waals surface area (Å²) >= 11 is 0. The van der Waals surface area contributed by atoms with E-state index < -0.39 is 6.43 Å². The fraction of sp³-hybridized carbons (Fsp3) is 0.727. The van der Waals surface area contributed by atoms with Gasteiger partial charge in [0.25, 0.3) is 6.43 Å². The molecule has 2 rings (SSSR count). The predicted octanol–water partition coefficient (Wildman–Crippen LogP) is 1.79. The van der Waals surface area contributed by atoms with Gasteiger partial charge in [-0.1, -0.05) is 6.92 Å². The number of nitrogens with one attached hydrogen (secondary N) is 1. The molecule has 2 heterocycles. The number of imidazole rings is 1. The van der Waals surface area contributed by atoms with Crippen LogP contribution in [0.3, 0.4) is 0 Å². The number of halogens is 2. The number of rotatable bonds is 3. The Kier molecular flexibility index (Phi) is 3.23. The molecule has 0 aliphatic carbocycles. The van der Waals surface area contributed by atoms with Crippen LogP contribution in [0, 0.1) is 0 Å². The highest BCUT2D eigenvalue weighted by molar-refractivity contribution is 5.15. The Morgan fingerprint density at radius 2 is 2.19 bits per heavy atom. The van der Waals surface area contributed by atoms with Gasteiger partial charge in [0, 0.05) is 17.3 Å². The maximum absolute atomic E-state index is 12.4. The molecule has 0 saturated carbocycles. The summed E-state index contributed by atoms with van der Waals surface area (Å²) in [7, 11) is 0. The van der Waals surface area contributed by atoms with Gasteiger partial charge in [0.15, 0.2) is 0 Å². The number of piperidine rings is 1. The van der Waals surface area contributed by atoms with Crippen LogP contribution in [0.15, 0.2) is 12.5 Å². The van der Waals surface area contributed by atoms with Crippen molar-refractivity contribution in [3.05, 3.63) is 18.2 Å². The molecule has 5 heteroatoms. The molecule has 16 heavy (non-hydrogen) atoms. The zero-order valence-corrected chi connectivity index (χ0v) is 9.42. The molecular weight excluding hydrogens is 212 g/mol. The van der Waals surface area contributed by atoms with E-state index in [1.54, 1.807) is 10.8 Å². The minimum atomic E-state index is -2.32. The second-order valence-electron chi connectivity index (χ2n) is 4.63. The Hall–Kier alpha value is -0.970. The van der Waals surface area contributed by atoms with Gasteiger partial charge in [0.1, 0.15) is 0 Å². The molecule has 1 fully saturated rings. The number of hydrogen-bond donors (Lipinski definition) is 1. The van der Waals surface area contributed by atoms with E-state index in [2.05, 4.69) is 17.2 Å². The van der Waals surface area contributed by atoms with Crippen LogP contribution in [0.5, 0.6) is 0 Å². The summed E-state index contributed by atoms with van der Waals surface area (Å²) in [6, 6.07) is 0. The summed E-state index contributed by atoms with van der Waals surface area (Å²) in [6.45, 7) is 3.76. The molecule has 0 unspecified atom stereocenters. The van der Waals surface area contributed by atoms with Gasteiger partial charge < -0.3 is 9.88 Å². The van der Waals surface area contributed by atoms with Gasteiger partial charge in [-0.2, -0.15) is 0 Å². The smallest absolute Gasteiger partial charge is 0.256 e. The van der Waals surface area contributed by atoms with Crippen molar-refractivity contribution in [3.63, 3.8) is 0 Å². The van der Waals surface area contributed by atoms with E-state index in [4.69, 9.17) is 0 Å². The van der Waals surface area contributed by atoms with Crippen LogP contribution >= 0.6 is 0 Å². The van der Waals surface area contributed by atoms with Crippen LogP contribution in [0.4, 0.5) is 8.78 Å². The monoisotopic (exact) mass is 229 g/mol. The van der Waals surface area contributed by atoms with Crippen LogP contribution < -0.4 is 5.32 Å². The van der Waals surface area contributed by atoms with Crippen LogP contribution in [0.1, 0.15) is 25.5 Å². The first-order valence-corrected chi connectivity index (χ1v) is 5.61. The van der Waals surface area contributed by atoms with E-state index in [1.807, 2.05) is 0 Å². The third kappa shape index (κ3) is 2.24. The summed E-state index contributed by atoms with van der Waals surface area (Å²) in [6.07, 6.45) is 2.87.